The van der Waals surface area contributed by atoms with Crippen LogP contribution in [0.2, 0.25) is 0 Å². The average molecular weight is 637 g/mol. The van der Waals surface area contributed by atoms with Crippen LogP contribution in [-0.2, 0) is 0 Å². The highest BCUT2D eigenvalue weighted by Crippen LogP contribution is 2.35. The van der Waals surface area contributed by atoms with Gasteiger partial charge in [-0.05, 0) is 79.2 Å². The maximum absolute atomic E-state index is 5.20. The minimum atomic E-state index is 0.698. The van der Waals surface area contributed by atoms with Gasteiger partial charge in [-0.25, -0.2) is 9.97 Å². The SMILES string of the molecule is c1ccc(-c2ccc(-c3nc(-c4cccc(-c5ccc6ccccc6c5)c4)cc(-c4cccc(-c5cccc6ccccc56)c4)n3)cc2)cc1. The number of aromatic nitrogens is 2. The lowest BCUT2D eigenvalue weighted by Gasteiger charge is -2.13. The van der Waals surface area contributed by atoms with Gasteiger partial charge in [-0.2, -0.15) is 0 Å². The van der Waals surface area contributed by atoms with Gasteiger partial charge in [0.05, 0.1) is 11.4 Å². The molecule has 2 nitrogen and oxygen atoms in total. The fourth-order valence-corrected chi connectivity index (χ4v) is 6.86. The van der Waals surface area contributed by atoms with E-state index >= 15 is 0 Å². The highest BCUT2D eigenvalue weighted by molar-refractivity contribution is 5.97. The van der Waals surface area contributed by atoms with Crippen LogP contribution in [0, 0.1) is 0 Å². The Morgan fingerprint density at radius 2 is 0.760 bits per heavy atom. The van der Waals surface area contributed by atoms with Gasteiger partial charge in [0.25, 0.3) is 0 Å². The van der Waals surface area contributed by atoms with Crippen LogP contribution < -0.4 is 0 Å². The van der Waals surface area contributed by atoms with Crippen LogP contribution in [-0.4, -0.2) is 9.97 Å². The molecule has 9 aromatic rings. The number of nitrogens with zero attached hydrogens (tertiary/aromatic N) is 2. The van der Waals surface area contributed by atoms with E-state index in [0.717, 1.165) is 44.8 Å². The molecule has 1 heterocycles. The normalized spacial score (nSPS) is 11.2. The zero-order valence-electron chi connectivity index (χ0n) is 27.4. The molecule has 0 fully saturated rings. The molecule has 2 heteroatoms. The first-order valence-corrected chi connectivity index (χ1v) is 17.0. The molecule has 0 saturated carbocycles. The molecule has 50 heavy (non-hydrogen) atoms. The Kier molecular flexibility index (Phi) is 7.53. The molecule has 0 amide bonds. The Labute approximate surface area is 292 Å². The maximum atomic E-state index is 5.20. The first-order valence-electron chi connectivity index (χ1n) is 17.0. The van der Waals surface area contributed by atoms with Gasteiger partial charge in [-0.3, -0.25) is 0 Å². The number of benzene rings is 8. The van der Waals surface area contributed by atoms with Crippen molar-refractivity contribution in [3.63, 3.8) is 0 Å². The van der Waals surface area contributed by atoms with Crippen molar-refractivity contribution in [2.75, 3.05) is 0 Å². The topological polar surface area (TPSA) is 25.8 Å². The molecular formula is C48H32N2. The summed E-state index contributed by atoms with van der Waals surface area (Å²) >= 11 is 0. The molecular weight excluding hydrogens is 605 g/mol. The van der Waals surface area contributed by atoms with Gasteiger partial charge < -0.3 is 0 Å². The zero-order valence-corrected chi connectivity index (χ0v) is 27.4. The average Bonchev–Trinajstić information content (AvgIpc) is 3.21. The van der Waals surface area contributed by atoms with Crippen molar-refractivity contribution < 1.29 is 0 Å². The molecule has 0 atom stereocenters. The number of fused-ring (bicyclic) bond motifs is 2. The largest absolute Gasteiger partial charge is 0.228 e. The van der Waals surface area contributed by atoms with Gasteiger partial charge in [0.15, 0.2) is 5.82 Å². The van der Waals surface area contributed by atoms with Crippen molar-refractivity contribution in [1.82, 2.24) is 9.97 Å². The summed E-state index contributed by atoms with van der Waals surface area (Å²) in [6, 6.07) is 68.7. The molecule has 9 rings (SSSR count). The van der Waals surface area contributed by atoms with E-state index in [9.17, 15) is 0 Å². The summed E-state index contributed by atoms with van der Waals surface area (Å²) in [6.07, 6.45) is 0. The third-order valence-corrected chi connectivity index (χ3v) is 9.48. The van der Waals surface area contributed by atoms with Crippen LogP contribution in [0.5, 0.6) is 0 Å². The second-order valence-corrected chi connectivity index (χ2v) is 12.7. The molecule has 0 N–H and O–H groups in total. The van der Waals surface area contributed by atoms with Crippen LogP contribution in [0.15, 0.2) is 194 Å². The number of rotatable bonds is 6. The van der Waals surface area contributed by atoms with Crippen LogP contribution in [0.4, 0.5) is 0 Å². The summed E-state index contributed by atoms with van der Waals surface area (Å²) < 4.78 is 0. The van der Waals surface area contributed by atoms with E-state index in [0.29, 0.717) is 5.82 Å². The minimum absolute atomic E-state index is 0.698. The summed E-state index contributed by atoms with van der Waals surface area (Å²) in [5.41, 5.74) is 11.9. The zero-order chi connectivity index (χ0) is 33.3. The fourth-order valence-electron chi connectivity index (χ4n) is 6.86. The molecule has 1 aromatic heterocycles. The lowest BCUT2D eigenvalue weighted by atomic mass is 9.96. The highest BCUT2D eigenvalue weighted by atomic mass is 14.9. The molecule has 0 spiro atoms. The first-order chi connectivity index (χ1) is 24.7. The second-order valence-electron chi connectivity index (χ2n) is 12.7. The molecule has 0 radical (unpaired) electrons. The smallest absolute Gasteiger partial charge is 0.160 e. The molecule has 0 saturated heterocycles. The van der Waals surface area contributed by atoms with E-state index in [1.807, 2.05) is 6.07 Å². The predicted octanol–water partition coefficient (Wildman–Crippen LogP) is 12.8. The van der Waals surface area contributed by atoms with Gasteiger partial charge in [-0.15, -0.1) is 0 Å². The summed E-state index contributed by atoms with van der Waals surface area (Å²) in [6.45, 7) is 0. The van der Waals surface area contributed by atoms with Crippen LogP contribution in [0.3, 0.4) is 0 Å². The summed E-state index contributed by atoms with van der Waals surface area (Å²) in [4.78, 5) is 10.4. The van der Waals surface area contributed by atoms with Crippen molar-refractivity contribution in [1.29, 1.82) is 0 Å². The van der Waals surface area contributed by atoms with Crippen molar-refractivity contribution in [2.24, 2.45) is 0 Å². The van der Waals surface area contributed by atoms with Crippen molar-refractivity contribution in [3.05, 3.63) is 194 Å². The molecule has 0 aliphatic heterocycles. The quantitative estimate of drug-likeness (QED) is 0.181. The summed E-state index contributed by atoms with van der Waals surface area (Å²) in [7, 11) is 0. The maximum Gasteiger partial charge on any atom is 0.160 e. The Hall–Kier alpha value is -6.64. The van der Waals surface area contributed by atoms with E-state index in [2.05, 4.69) is 188 Å². The van der Waals surface area contributed by atoms with Crippen molar-refractivity contribution >= 4 is 21.5 Å². The highest BCUT2D eigenvalue weighted by Gasteiger charge is 2.14. The second kappa shape index (κ2) is 12.8. The van der Waals surface area contributed by atoms with Crippen molar-refractivity contribution in [2.45, 2.75) is 0 Å². The molecule has 0 aliphatic rings. The molecule has 234 valence electrons. The lowest BCUT2D eigenvalue weighted by Crippen LogP contribution is -1.96. The fraction of sp³-hybridized carbons (Fsp3) is 0. The van der Waals surface area contributed by atoms with Crippen LogP contribution >= 0.6 is 0 Å². The predicted molar refractivity (Wildman–Crippen MR) is 210 cm³/mol. The van der Waals surface area contributed by atoms with E-state index in [4.69, 9.17) is 9.97 Å². The Morgan fingerprint density at radius 1 is 0.260 bits per heavy atom. The third kappa shape index (κ3) is 5.74. The first kappa shape index (κ1) is 29.5. The van der Waals surface area contributed by atoms with E-state index < -0.39 is 0 Å². The van der Waals surface area contributed by atoms with Gasteiger partial charge in [-0.1, -0.05) is 170 Å². The van der Waals surface area contributed by atoms with Gasteiger partial charge in [0.1, 0.15) is 0 Å². The van der Waals surface area contributed by atoms with E-state index in [1.54, 1.807) is 0 Å². The standard InChI is InChI=1S/C48H32N2/c1-2-11-33(12-3-1)35-23-26-37(27-24-35)48-49-46(42-19-8-17-39(30-42)40-28-25-34-13-4-5-15-38(34)29-40)32-47(50-48)43-20-9-18-41(31-43)45-22-10-16-36-14-6-7-21-44(36)45/h1-32H. The molecule has 0 aliphatic carbocycles. The van der Waals surface area contributed by atoms with Crippen LogP contribution in [0.25, 0.3) is 88.8 Å². The summed E-state index contributed by atoms with van der Waals surface area (Å²) in [5, 5.41) is 4.93. The van der Waals surface area contributed by atoms with E-state index in [1.165, 1.54) is 38.2 Å². The van der Waals surface area contributed by atoms with Crippen molar-refractivity contribution in [3.8, 4) is 67.3 Å². The van der Waals surface area contributed by atoms with Gasteiger partial charge in [0.2, 0.25) is 0 Å². The van der Waals surface area contributed by atoms with E-state index in [-0.39, 0.29) is 0 Å². The van der Waals surface area contributed by atoms with Crippen LogP contribution in [0.1, 0.15) is 0 Å². The molecule has 0 unspecified atom stereocenters. The third-order valence-electron chi connectivity index (χ3n) is 9.48. The number of hydrogen-bond donors (Lipinski definition) is 0. The lowest BCUT2D eigenvalue weighted by molar-refractivity contribution is 1.18. The van der Waals surface area contributed by atoms with Gasteiger partial charge in [0, 0.05) is 16.7 Å². The Bertz CT molecular complexity index is 2630. The molecule has 8 aromatic carbocycles. The Balaban J connectivity index is 1.17. The minimum Gasteiger partial charge on any atom is -0.228 e. The summed E-state index contributed by atoms with van der Waals surface area (Å²) in [5.74, 6) is 0.698. The molecule has 0 bridgehead atoms. The van der Waals surface area contributed by atoms with Gasteiger partial charge >= 0.3 is 0 Å². The monoisotopic (exact) mass is 636 g/mol. The Morgan fingerprint density at radius 3 is 1.54 bits per heavy atom. The number of hydrogen-bond acceptors (Lipinski definition) is 2.